The molecule has 0 spiro atoms. The fourth-order valence-electron chi connectivity index (χ4n) is 3.77. The van der Waals surface area contributed by atoms with E-state index < -0.39 is 10.2 Å². The predicted molar refractivity (Wildman–Crippen MR) is 118 cm³/mol. The minimum Gasteiger partial charge on any atom is -0.492 e. The summed E-state index contributed by atoms with van der Waals surface area (Å²) in [5.41, 5.74) is 0.537. The maximum atomic E-state index is 12.9. The van der Waals surface area contributed by atoms with Crippen LogP contribution >= 0.6 is 11.6 Å². The Bertz CT molecular complexity index is 835. The Balaban J connectivity index is 1.51. The summed E-state index contributed by atoms with van der Waals surface area (Å²) in [6.45, 7) is 7.71. The highest BCUT2D eigenvalue weighted by Gasteiger charge is 2.34. The number of benzene rings is 1. The third kappa shape index (κ3) is 5.85. The summed E-state index contributed by atoms with van der Waals surface area (Å²) in [5, 5.41) is 3.36. The molecular formula is C20H31ClN4O4S. The summed E-state index contributed by atoms with van der Waals surface area (Å²) < 4.78 is 34.4. The molecule has 1 N–H and O–H groups in total. The lowest BCUT2D eigenvalue weighted by molar-refractivity contribution is -0.117. The molecule has 0 bridgehead atoms. The van der Waals surface area contributed by atoms with E-state index in [1.807, 2.05) is 11.8 Å². The fourth-order valence-corrected chi connectivity index (χ4v) is 5.57. The molecule has 1 aromatic rings. The van der Waals surface area contributed by atoms with Crippen molar-refractivity contribution >= 4 is 33.4 Å². The lowest BCUT2D eigenvalue weighted by atomic mass is 10.0. The topological polar surface area (TPSA) is 82.2 Å². The third-order valence-electron chi connectivity index (χ3n) is 5.61. The molecule has 2 saturated heterocycles. The van der Waals surface area contributed by atoms with E-state index in [9.17, 15) is 13.2 Å². The van der Waals surface area contributed by atoms with Crippen LogP contribution in [-0.2, 0) is 15.0 Å². The van der Waals surface area contributed by atoms with Crippen LogP contribution in [-0.4, -0.2) is 80.3 Å². The van der Waals surface area contributed by atoms with Crippen LogP contribution in [0.1, 0.15) is 26.7 Å². The van der Waals surface area contributed by atoms with Crippen molar-refractivity contribution in [1.29, 1.82) is 0 Å². The van der Waals surface area contributed by atoms with Crippen molar-refractivity contribution in [2.75, 3.05) is 57.7 Å². The molecule has 2 aliphatic heterocycles. The Morgan fingerprint density at radius 1 is 1.13 bits per heavy atom. The molecule has 10 heteroatoms. The van der Waals surface area contributed by atoms with Crippen LogP contribution in [0.4, 0.5) is 5.69 Å². The summed E-state index contributed by atoms with van der Waals surface area (Å²) in [5.74, 6) is 0.969. The Hall–Kier alpha value is -1.39. The van der Waals surface area contributed by atoms with Gasteiger partial charge < -0.3 is 10.1 Å². The lowest BCUT2D eigenvalue weighted by Gasteiger charge is -2.38. The molecule has 2 fully saturated rings. The van der Waals surface area contributed by atoms with E-state index in [1.165, 1.54) is 0 Å². The molecule has 0 aromatic heterocycles. The number of ether oxygens (including phenoxy) is 1. The minimum absolute atomic E-state index is 0.181. The van der Waals surface area contributed by atoms with E-state index >= 15 is 0 Å². The first-order valence-corrected chi connectivity index (χ1v) is 12.3. The second kappa shape index (κ2) is 10.3. The molecule has 0 atom stereocenters. The summed E-state index contributed by atoms with van der Waals surface area (Å²) in [6, 6.07) is 5.10. The third-order valence-corrected chi connectivity index (χ3v) is 7.88. The van der Waals surface area contributed by atoms with E-state index in [0.717, 1.165) is 12.8 Å². The molecule has 0 radical (unpaired) electrons. The normalized spacial score (nSPS) is 20.2. The number of nitrogens with zero attached hydrogens (tertiary/aromatic N) is 3. The molecule has 2 aliphatic rings. The van der Waals surface area contributed by atoms with E-state index in [4.69, 9.17) is 16.3 Å². The van der Waals surface area contributed by atoms with Crippen LogP contribution in [0, 0.1) is 5.92 Å². The molecule has 3 rings (SSSR count). The second-order valence-electron chi connectivity index (χ2n) is 7.89. The number of piperazine rings is 1. The number of hydrogen-bond acceptors (Lipinski definition) is 5. The highest BCUT2D eigenvalue weighted by atomic mass is 35.5. The van der Waals surface area contributed by atoms with Crippen molar-refractivity contribution in [2.24, 2.45) is 5.92 Å². The van der Waals surface area contributed by atoms with Gasteiger partial charge in [-0.05, 0) is 43.9 Å². The monoisotopic (exact) mass is 458 g/mol. The van der Waals surface area contributed by atoms with E-state index in [-0.39, 0.29) is 12.5 Å². The van der Waals surface area contributed by atoms with Gasteiger partial charge in [-0.15, -0.1) is 0 Å². The standard InChI is InChI=1S/C20H31ClN4O4S/c1-3-29-19-5-4-17(21)14-18(19)22-20(26)15-23-10-12-25(13-11-23)30(27,28)24-8-6-16(2)7-9-24/h4-5,14,16H,3,6-13,15H2,1-2H3,(H,22,26). The number of amides is 1. The van der Waals surface area contributed by atoms with Gasteiger partial charge in [0.15, 0.2) is 0 Å². The number of nitrogens with one attached hydrogen (secondary N) is 1. The molecule has 0 saturated carbocycles. The summed E-state index contributed by atoms with van der Waals surface area (Å²) in [6.07, 6.45) is 1.82. The Morgan fingerprint density at radius 3 is 2.40 bits per heavy atom. The molecule has 8 nitrogen and oxygen atoms in total. The Labute approximate surface area is 184 Å². The molecule has 2 heterocycles. The van der Waals surface area contributed by atoms with Crippen LogP contribution in [0.15, 0.2) is 18.2 Å². The number of carbonyl (C=O) groups excluding carboxylic acids is 1. The van der Waals surface area contributed by atoms with Gasteiger partial charge in [0, 0.05) is 44.3 Å². The maximum absolute atomic E-state index is 12.9. The Morgan fingerprint density at radius 2 is 1.77 bits per heavy atom. The van der Waals surface area contributed by atoms with Crippen LogP contribution < -0.4 is 10.1 Å². The number of piperidine rings is 1. The van der Waals surface area contributed by atoms with Crippen molar-refractivity contribution in [3.63, 3.8) is 0 Å². The molecule has 1 aromatic carbocycles. The predicted octanol–water partition coefficient (Wildman–Crippen LogP) is 2.27. The van der Waals surface area contributed by atoms with Crippen LogP contribution in [0.25, 0.3) is 0 Å². The molecule has 1 amide bonds. The van der Waals surface area contributed by atoms with Gasteiger partial charge in [-0.2, -0.15) is 17.0 Å². The van der Waals surface area contributed by atoms with Gasteiger partial charge in [0.2, 0.25) is 5.91 Å². The largest absolute Gasteiger partial charge is 0.492 e. The van der Waals surface area contributed by atoms with Gasteiger partial charge >= 0.3 is 0 Å². The van der Waals surface area contributed by atoms with Crippen LogP contribution in [0.3, 0.4) is 0 Å². The van der Waals surface area contributed by atoms with Gasteiger partial charge in [-0.1, -0.05) is 18.5 Å². The highest BCUT2D eigenvalue weighted by molar-refractivity contribution is 7.86. The van der Waals surface area contributed by atoms with Gasteiger partial charge in [0.05, 0.1) is 18.8 Å². The number of carbonyl (C=O) groups is 1. The smallest absolute Gasteiger partial charge is 0.282 e. The fraction of sp³-hybridized carbons (Fsp3) is 0.650. The molecule has 0 aliphatic carbocycles. The van der Waals surface area contributed by atoms with Crippen molar-refractivity contribution in [3.05, 3.63) is 23.2 Å². The van der Waals surface area contributed by atoms with Crippen molar-refractivity contribution in [3.8, 4) is 5.75 Å². The molecule has 0 unspecified atom stereocenters. The molecule has 30 heavy (non-hydrogen) atoms. The zero-order valence-corrected chi connectivity index (χ0v) is 19.2. The van der Waals surface area contributed by atoms with Gasteiger partial charge in [0.25, 0.3) is 10.2 Å². The van der Waals surface area contributed by atoms with Crippen molar-refractivity contribution in [1.82, 2.24) is 13.5 Å². The molecule has 168 valence electrons. The number of halogens is 1. The summed E-state index contributed by atoms with van der Waals surface area (Å²) in [4.78, 5) is 14.5. The SMILES string of the molecule is CCOc1ccc(Cl)cc1NC(=O)CN1CCN(S(=O)(=O)N2CCC(C)CC2)CC1. The van der Waals surface area contributed by atoms with Gasteiger partial charge in [0.1, 0.15) is 5.75 Å². The van der Waals surface area contributed by atoms with Crippen LogP contribution in [0.2, 0.25) is 5.02 Å². The zero-order chi connectivity index (χ0) is 21.7. The van der Waals surface area contributed by atoms with Crippen molar-refractivity contribution in [2.45, 2.75) is 26.7 Å². The van der Waals surface area contributed by atoms with Crippen LogP contribution in [0.5, 0.6) is 5.75 Å². The first-order chi connectivity index (χ1) is 14.3. The van der Waals surface area contributed by atoms with Gasteiger partial charge in [-0.25, -0.2) is 0 Å². The first kappa shape index (κ1) is 23.3. The van der Waals surface area contributed by atoms with Crippen molar-refractivity contribution < 1.29 is 17.9 Å². The van der Waals surface area contributed by atoms with Gasteiger partial charge in [-0.3, -0.25) is 9.69 Å². The summed E-state index contributed by atoms with van der Waals surface area (Å²) in [7, 11) is -3.42. The average molecular weight is 459 g/mol. The lowest BCUT2D eigenvalue weighted by Crippen LogP contribution is -2.55. The zero-order valence-electron chi connectivity index (χ0n) is 17.6. The number of anilines is 1. The summed E-state index contributed by atoms with van der Waals surface area (Å²) >= 11 is 6.04. The average Bonchev–Trinajstić information content (AvgIpc) is 2.71. The first-order valence-electron chi connectivity index (χ1n) is 10.5. The van der Waals surface area contributed by atoms with E-state index in [0.29, 0.717) is 68.3 Å². The number of rotatable bonds is 7. The maximum Gasteiger partial charge on any atom is 0.282 e. The Kier molecular flexibility index (Phi) is 7.98. The number of hydrogen-bond donors (Lipinski definition) is 1. The highest BCUT2D eigenvalue weighted by Crippen LogP contribution is 2.28. The molecular weight excluding hydrogens is 428 g/mol. The van der Waals surface area contributed by atoms with E-state index in [2.05, 4.69) is 12.2 Å². The quantitative estimate of drug-likeness (QED) is 0.677. The minimum atomic E-state index is -3.42. The second-order valence-corrected chi connectivity index (χ2v) is 10.3. The van der Waals surface area contributed by atoms with E-state index in [1.54, 1.807) is 26.8 Å².